The molecule has 6 nitrogen and oxygen atoms in total. The number of carbonyl (C=O) groups is 1. The van der Waals surface area contributed by atoms with Gasteiger partial charge in [-0.25, -0.2) is 5.43 Å². The van der Waals surface area contributed by atoms with Crippen LogP contribution in [0.25, 0.3) is 0 Å². The van der Waals surface area contributed by atoms with Crippen molar-refractivity contribution in [3.63, 3.8) is 0 Å². The van der Waals surface area contributed by atoms with Gasteiger partial charge in [0.05, 0.1) is 15.5 Å². The van der Waals surface area contributed by atoms with Gasteiger partial charge in [0.2, 0.25) is 0 Å². The molecule has 12 heteroatoms. The first kappa shape index (κ1) is 24.0. The number of thioether (sulfide) groups is 2. The lowest BCUT2D eigenvalue weighted by Gasteiger charge is -2.03. The number of aromatic hydroxyl groups is 1. The van der Waals surface area contributed by atoms with Crippen molar-refractivity contribution >= 4 is 104 Å². The molecule has 2 aromatic carbocycles. The predicted octanol–water partition coefficient (Wildman–Crippen LogP) is 5.64. The summed E-state index contributed by atoms with van der Waals surface area (Å²) in [7, 11) is 0. The molecule has 0 saturated heterocycles. The van der Waals surface area contributed by atoms with E-state index in [9.17, 15) is 9.90 Å². The summed E-state index contributed by atoms with van der Waals surface area (Å²) >= 11 is 14.7. The monoisotopic (exact) mass is 702 g/mol. The van der Waals surface area contributed by atoms with Crippen LogP contribution >= 0.6 is 91.6 Å². The smallest absolute Gasteiger partial charge is 0.250 e. The van der Waals surface area contributed by atoms with Crippen LogP contribution in [0.1, 0.15) is 11.1 Å². The Bertz CT molecular complexity index is 1080. The number of phenols is 1. The average molecular weight is 703 g/mol. The number of hydrogen-bond acceptors (Lipinski definition) is 8. The van der Waals surface area contributed by atoms with Crippen LogP contribution in [0, 0.1) is 7.14 Å². The molecule has 2 N–H and O–H groups in total. The Kier molecular flexibility index (Phi) is 9.50. The second kappa shape index (κ2) is 11.9. The van der Waals surface area contributed by atoms with Gasteiger partial charge in [-0.05, 0) is 68.9 Å². The number of hydrogen-bond donors (Lipinski definition) is 2. The summed E-state index contributed by atoms with van der Waals surface area (Å²) in [6, 6.07) is 11.3. The molecule has 0 bridgehead atoms. The van der Waals surface area contributed by atoms with Crippen molar-refractivity contribution in [3.8, 4) is 5.75 Å². The molecule has 0 aliphatic carbocycles. The highest BCUT2D eigenvalue weighted by atomic mass is 127. The molecule has 30 heavy (non-hydrogen) atoms. The molecule has 156 valence electrons. The molecule has 3 rings (SSSR count). The summed E-state index contributed by atoms with van der Waals surface area (Å²) in [5.41, 5.74) is 4.04. The summed E-state index contributed by atoms with van der Waals surface area (Å²) in [6.45, 7) is 0. The van der Waals surface area contributed by atoms with Crippen LogP contribution in [0.4, 0.5) is 0 Å². The van der Waals surface area contributed by atoms with Crippen molar-refractivity contribution in [2.45, 2.75) is 14.4 Å². The van der Waals surface area contributed by atoms with Gasteiger partial charge in [0, 0.05) is 19.9 Å². The SMILES string of the molecule is O=C(CSc1nnc(SCc2ccccc2Cl)s1)N/N=C/c1cc(I)cc(I)c1O. The van der Waals surface area contributed by atoms with Gasteiger partial charge in [0.15, 0.2) is 8.68 Å². The molecular weight excluding hydrogens is 690 g/mol. The minimum absolute atomic E-state index is 0.138. The molecule has 0 aliphatic heterocycles. The summed E-state index contributed by atoms with van der Waals surface area (Å²) in [4.78, 5) is 12.0. The third-order valence-corrected chi connectivity index (χ3v) is 8.53. The Morgan fingerprint density at radius 2 is 1.97 bits per heavy atom. The van der Waals surface area contributed by atoms with E-state index in [1.807, 2.05) is 52.9 Å². The number of hydrazone groups is 1. The van der Waals surface area contributed by atoms with Crippen LogP contribution in [0.15, 0.2) is 50.2 Å². The first-order valence-corrected chi connectivity index (χ1v) is 13.6. The predicted molar refractivity (Wildman–Crippen MR) is 141 cm³/mol. The fourth-order valence-electron chi connectivity index (χ4n) is 2.09. The van der Waals surface area contributed by atoms with Gasteiger partial charge in [0.1, 0.15) is 5.75 Å². The first-order valence-electron chi connectivity index (χ1n) is 8.25. The van der Waals surface area contributed by atoms with Gasteiger partial charge in [-0.2, -0.15) is 5.10 Å². The largest absolute Gasteiger partial charge is 0.506 e. The zero-order valence-corrected chi connectivity index (χ0v) is 22.5. The average Bonchev–Trinajstić information content (AvgIpc) is 3.17. The molecule has 1 amide bonds. The molecule has 0 saturated carbocycles. The van der Waals surface area contributed by atoms with Gasteiger partial charge in [-0.15, -0.1) is 10.2 Å². The molecule has 0 spiro atoms. The summed E-state index contributed by atoms with van der Waals surface area (Å²) < 4.78 is 3.22. The normalized spacial score (nSPS) is 11.2. The van der Waals surface area contributed by atoms with E-state index in [-0.39, 0.29) is 17.4 Å². The number of aromatic nitrogens is 2. The number of carbonyl (C=O) groups excluding carboxylic acids is 1. The van der Waals surface area contributed by atoms with Crippen LogP contribution in [-0.4, -0.2) is 33.2 Å². The van der Waals surface area contributed by atoms with Crippen molar-refractivity contribution in [3.05, 3.63) is 59.7 Å². The van der Waals surface area contributed by atoms with E-state index in [0.29, 0.717) is 15.7 Å². The Hall–Kier alpha value is -0.610. The zero-order chi connectivity index (χ0) is 21.5. The summed E-state index contributed by atoms with van der Waals surface area (Å²) in [6.07, 6.45) is 1.43. The highest BCUT2D eigenvalue weighted by Gasteiger charge is 2.10. The van der Waals surface area contributed by atoms with Gasteiger partial charge in [0.25, 0.3) is 5.91 Å². The van der Waals surface area contributed by atoms with Crippen molar-refractivity contribution in [1.82, 2.24) is 15.6 Å². The lowest BCUT2D eigenvalue weighted by molar-refractivity contribution is -0.118. The molecule has 0 unspecified atom stereocenters. The Morgan fingerprint density at radius 3 is 2.73 bits per heavy atom. The van der Waals surface area contributed by atoms with E-state index in [0.717, 1.165) is 22.1 Å². The maximum Gasteiger partial charge on any atom is 0.250 e. The standard InChI is InChI=1S/C18H13ClI2N4O2S3/c19-13-4-2-1-3-10(13)8-28-17-24-25-18(30-17)29-9-15(26)23-22-7-11-5-12(20)6-14(21)16(11)27/h1-7,27H,8-9H2,(H,23,26)/b22-7+. The fraction of sp³-hybridized carbons (Fsp3) is 0.111. The van der Waals surface area contributed by atoms with E-state index in [4.69, 9.17) is 11.6 Å². The quantitative estimate of drug-likeness (QED) is 0.137. The molecule has 0 aliphatic rings. The van der Waals surface area contributed by atoms with E-state index in [1.54, 1.807) is 17.8 Å². The van der Waals surface area contributed by atoms with Crippen molar-refractivity contribution in [2.24, 2.45) is 5.10 Å². The number of rotatable bonds is 8. The molecule has 0 radical (unpaired) electrons. The maximum atomic E-state index is 12.0. The molecule has 3 aromatic rings. The van der Waals surface area contributed by atoms with E-state index in [2.05, 4.69) is 43.3 Å². The lowest BCUT2D eigenvalue weighted by Crippen LogP contribution is -2.19. The number of halogens is 3. The van der Waals surface area contributed by atoms with Gasteiger partial charge < -0.3 is 5.11 Å². The van der Waals surface area contributed by atoms with Crippen molar-refractivity contribution < 1.29 is 9.90 Å². The molecule has 0 atom stereocenters. The van der Waals surface area contributed by atoms with E-state index >= 15 is 0 Å². The third kappa shape index (κ3) is 7.22. The lowest BCUT2D eigenvalue weighted by atomic mass is 10.2. The number of benzene rings is 2. The van der Waals surface area contributed by atoms with Crippen LogP contribution in [0.3, 0.4) is 0 Å². The first-order chi connectivity index (χ1) is 14.4. The van der Waals surface area contributed by atoms with Crippen LogP contribution in [0.2, 0.25) is 5.02 Å². The molecule has 1 heterocycles. The highest BCUT2D eigenvalue weighted by molar-refractivity contribution is 14.1. The second-order valence-electron chi connectivity index (χ2n) is 5.62. The van der Waals surface area contributed by atoms with Crippen LogP contribution < -0.4 is 5.43 Å². The second-order valence-corrected chi connectivity index (χ2v) is 11.9. The van der Waals surface area contributed by atoms with Crippen molar-refractivity contribution in [2.75, 3.05) is 5.75 Å². The minimum Gasteiger partial charge on any atom is -0.506 e. The van der Waals surface area contributed by atoms with E-state index < -0.39 is 0 Å². The van der Waals surface area contributed by atoms with Gasteiger partial charge in [-0.1, -0.05) is 64.7 Å². The topological polar surface area (TPSA) is 87.5 Å². The number of nitrogens with zero attached hydrogens (tertiary/aromatic N) is 3. The summed E-state index contributed by atoms with van der Waals surface area (Å²) in [5.74, 6) is 0.741. The van der Waals surface area contributed by atoms with Gasteiger partial charge >= 0.3 is 0 Å². The van der Waals surface area contributed by atoms with Crippen LogP contribution in [0.5, 0.6) is 5.75 Å². The van der Waals surface area contributed by atoms with Crippen molar-refractivity contribution in [1.29, 1.82) is 0 Å². The van der Waals surface area contributed by atoms with Crippen LogP contribution in [-0.2, 0) is 10.5 Å². The summed E-state index contributed by atoms with van der Waals surface area (Å²) in [5, 5.41) is 22.9. The maximum absolute atomic E-state index is 12.0. The zero-order valence-electron chi connectivity index (χ0n) is 15.0. The molecule has 0 fully saturated rings. The molecular formula is C18H13ClI2N4O2S3. The number of phenolic OH excluding ortho intramolecular Hbond substituents is 1. The Morgan fingerprint density at radius 1 is 1.23 bits per heavy atom. The third-order valence-electron chi connectivity index (χ3n) is 3.47. The number of nitrogens with one attached hydrogen (secondary N) is 1. The fourth-order valence-corrected chi connectivity index (χ4v) is 7.07. The minimum atomic E-state index is -0.267. The highest BCUT2D eigenvalue weighted by Crippen LogP contribution is 2.32. The Labute approximate surface area is 217 Å². The van der Waals surface area contributed by atoms with E-state index in [1.165, 1.54) is 29.3 Å². The molecule has 1 aromatic heterocycles. The Balaban J connectivity index is 1.46. The number of amides is 1. The van der Waals surface area contributed by atoms with Gasteiger partial charge in [-0.3, -0.25) is 4.79 Å².